The van der Waals surface area contributed by atoms with Gasteiger partial charge in [0.25, 0.3) is 0 Å². The van der Waals surface area contributed by atoms with E-state index in [9.17, 15) is 9.18 Å². The number of rotatable bonds is 6. The molecule has 0 radical (unpaired) electrons. The van der Waals surface area contributed by atoms with Crippen LogP contribution in [0.25, 0.3) is 11.0 Å². The summed E-state index contributed by atoms with van der Waals surface area (Å²) in [5.41, 5.74) is 3.19. The predicted molar refractivity (Wildman–Crippen MR) is 119 cm³/mol. The van der Waals surface area contributed by atoms with Crippen LogP contribution in [0.3, 0.4) is 0 Å². The number of piperidine rings is 1. The largest absolute Gasteiger partial charge is 0.326 e. The number of aromatic nitrogens is 3. The molecule has 0 atom stereocenters. The standard InChI is InChI=1S/C23H25ClFN5O/c24-16-3-4-19-18(13-16)28-21(29(19)12-2-1-8-25)15-30-20-14-27-9-5-17(20)23(22(30)31)6-10-26-11-7-23/h3-5,9,13-14,26H,1-2,6-8,10-12,15H2. The smallest absolute Gasteiger partial charge is 0.238 e. The number of amides is 1. The lowest BCUT2D eigenvalue weighted by Crippen LogP contribution is -2.47. The number of nitrogens with one attached hydrogen (secondary N) is 1. The normalized spacial score (nSPS) is 17.6. The topological polar surface area (TPSA) is 63.1 Å². The van der Waals surface area contributed by atoms with E-state index in [0.717, 1.165) is 54.0 Å². The molecule has 2 aliphatic rings. The molecule has 162 valence electrons. The van der Waals surface area contributed by atoms with E-state index in [0.29, 0.717) is 31.0 Å². The van der Waals surface area contributed by atoms with Gasteiger partial charge < -0.3 is 14.8 Å². The molecule has 0 aliphatic carbocycles. The van der Waals surface area contributed by atoms with Crippen LogP contribution in [0.15, 0.2) is 36.7 Å². The Kier molecular flexibility index (Phi) is 5.40. The van der Waals surface area contributed by atoms with E-state index in [2.05, 4.69) is 14.9 Å². The van der Waals surface area contributed by atoms with Crippen LogP contribution in [0, 0.1) is 0 Å². The number of aryl methyl sites for hydroxylation is 1. The first-order valence-corrected chi connectivity index (χ1v) is 11.2. The number of fused-ring (bicyclic) bond motifs is 3. The number of hydrogen-bond donors (Lipinski definition) is 1. The second-order valence-corrected chi connectivity index (χ2v) is 8.76. The van der Waals surface area contributed by atoms with Crippen molar-refractivity contribution in [2.24, 2.45) is 0 Å². The van der Waals surface area contributed by atoms with Gasteiger partial charge in [0.15, 0.2) is 0 Å². The molecule has 0 unspecified atom stereocenters. The Labute approximate surface area is 185 Å². The fraction of sp³-hybridized carbons (Fsp3) is 0.435. The summed E-state index contributed by atoms with van der Waals surface area (Å²) >= 11 is 6.19. The van der Waals surface area contributed by atoms with Crippen LogP contribution in [-0.4, -0.2) is 40.2 Å². The van der Waals surface area contributed by atoms with E-state index < -0.39 is 5.41 Å². The average Bonchev–Trinajstić information content (AvgIpc) is 3.23. The van der Waals surface area contributed by atoms with Gasteiger partial charge in [-0.25, -0.2) is 4.98 Å². The first kappa shape index (κ1) is 20.4. The van der Waals surface area contributed by atoms with Gasteiger partial charge >= 0.3 is 0 Å². The van der Waals surface area contributed by atoms with E-state index in [4.69, 9.17) is 16.6 Å². The molecule has 2 aliphatic heterocycles. The van der Waals surface area contributed by atoms with Gasteiger partial charge in [-0.1, -0.05) is 11.6 Å². The number of benzene rings is 1. The summed E-state index contributed by atoms with van der Waals surface area (Å²) in [4.78, 5) is 24.7. The SMILES string of the molecule is O=C1N(Cc2nc3cc(Cl)ccc3n2CCCCF)c2cnccc2C12CCNCC2. The number of pyridine rings is 1. The van der Waals surface area contributed by atoms with Crippen molar-refractivity contribution < 1.29 is 9.18 Å². The zero-order chi connectivity index (χ0) is 21.4. The molecule has 8 heteroatoms. The number of hydrogen-bond acceptors (Lipinski definition) is 4. The third-order valence-corrected chi connectivity index (χ3v) is 6.81. The van der Waals surface area contributed by atoms with Gasteiger partial charge in [-0.3, -0.25) is 14.2 Å². The fourth-order valence-electron chi connectivity index (χ4n) is 5.01. The quantitative estimate of drug-likeness (QED) is 0.587. The minimum Gasteiger partial charge on any atom is -0.326 e. The number of unbranched alkanes of at least 4 members (excludes halogenated alkanes) is 1. The maximum Gasteiger partial charge on any atom is 0.238 e. The van der Waals surface area contributed by atoms with E-state index in [1.807, 2.05) is 29.2 Å². The molecule has 2 aromatic heterocycles. The van der Waals surface area contributed by atoms with Crippen LogP contribution >= 0.6 is 11.6 Å². The van der Waals surface area contributed by atoms with Crippen molar-refractivity contribution in [3.8, 4) is 0 Å². The maximum atomic E-state index is 13.7. The Morgan fingerprint density at radius 2 is 2.03 bits per heavy atom. The molecule has 31 heavy (non-hydrogen) atoms. The van der Waals surface area contributed by atoms with Gasteiger partial charge in [0.05, 0.1) is 41.6 Å². The lowest BCUT2D eigenvalue weighted by atomic mass is 9.74. The molecule has 1 fully saturated rings. The summed E-state index contributed by atoms with van der Waals surface area (Å²) < 4.78 is 14.8. The molecule has 0 bridgehead atoms. The Morgan fingerprint density at radius 1 is 1.19 bits per heavy atom. The maximum absolute atomic E-state index is 13.7. The highest BCUT2D eigenvalue weighted by atomic mass is 35.5. The highest BCUT2D eigenvalue weighted by Gasteiger charge is 2.51. The van der Waals surface area contributed by atoms with Gasteiger partial charge in [0.2, 0.25) is 5.91 Å². The molecule has 0 saturated carbocycles. The number of nitrogens with zero attached hydrogens (tertiary/aromatic N) is 4. The van der Waals surface area contributed by atoms with Crippen molar-refractivity contribution in [3.05, 3.63) is 53.1 Å². The minimum atomic E-state index is -0.488. The average molecular weight is 442 g/mol. The predicted octanol–water partition coefficient (Wildman–Crippen LogP) is 4.00. The van der Waals surface area contributed by atoms with Gasteiger partial charge in [-0.05, 0) is 68.6 Å². The molecule has 1 saturated heterocycles. The number of carbonyl (C=O) groups excluding carboxylic acids is 1. The third kappa shape index (κ3) is 3.40. The van der Waals surface area contributed by atoms with Crippen LogP contribution in [0.4, 0.5) is 10.1 Å². The highest BCUT2D eigenvalue weighted by Crippen LogP contribution is 2.47. The molecule has 3 aromatic rings. The molecular weight excluding hydrogens is 417 g/mol. The molecule has 1 amide bonds. The lowest BCUT2D eigenvalue weighted by Gasteiger charge is -2.33. The summed E-state index contributed by atoms with van der Waals surface area (Å²) in [7, 11) is 0. The van der Waals surface area contributed by atoms with Crippen LogP contribution in [0.5, 0.6) is 0 Å². The van der Waals surface area contributed by atoms with Gasteiger partial charge in [0, 0.05) is 17.8 Å². The number of imidazole rings is 1. The molecular formula is C23H25ClFN5O. The van der Waals surface area contributed by atoms with Gasteiger partial charge in [-0.2, -0.15) is 0 Å². The molecule has 1 spiro atoms. The van der Waals surface area contributed by atoms with Crippen molar-refractivity contribution in [1.29, 1.82) is 0 Å². The molecule has 6 nitrogen and oxygen atoms in total. The summed E-state index contributed by atoms with van der Waals surface area (Å²) in [6.45, 7) is 2.31. The van der Waals surface area contributed by atoms with Crippen LogP contribution in [0.1, 0.15) is 37.1 Å². The molecule has 4 heterocycles. The second-order valence-electron chi connectivity index (χ2n) is 8.33. The van der Waals surface area contributed by atoms with E-state index in [1.165, 1.54) is 0 Å². The zero-order valence-electron chi connectivity index (χ0n) is 17.3. The molecule has 5 rings (SSSR count). The third-order valence-electron chi connectivity index (χ3n) is 6.57. The summed E-state index contributed by atoms with van der Waals surface area (Å²) in [5, 5.41) is 3.99. The Balaban J connectivity index is 1.55. The Bertz CT molecular complexity index is 1120. The molecule has 1 aromatic carbocycles. The van der Waals surface area contributed by atoms with E-state index >= 15 is 0 Å². The fourth-order valence-corrected chi connectivity index (χ4v) is 5.18. The number of alkyl halides is 1. The van der Waals surface area contributed by atoms with E-state index in [-0.39, 0.29) is 12.6 Å². The summed E-state index contributed by atoms with van der Waals surface area (Å²) in [6, 6.07) is 7.61. The number of carbonyl (C=O) groups is 1. The minimum absolute atomic E-state index is 0.123. The monoisotopic (exact) mass is 441 g/mol. The summed E-state index contributed by atoms with van der Waals surface area (Å²) in [6.07, 6.45) is 6.33. The first-order chi connectivity index (χ1) is 15.1. The van der Waals surface area contributed by atoms with Crippen molar-refractivity contribution >= 4 is 34.2 Å². The van der Waals surface area contributed by atoms with Crippen molar-refractivity contribution in [3.63, 3.8) is 0 Å². The number of anilines is 1. The zero-order valence-corrected chi connectivity index (χ0v) is 18.0. The Morgan fingerprint density at radius 3 is 2.84 bits per heavy atom. The highest BCUT2D eigenvalue weighted by molar-refractivity contribution is 6.31. The van der Waals surface area contributed by atoms with Gasteiger partial charge in [-0.15, -0.1) is 0 Å². The van der Waals surface area contributed by atoms with Gasteiger partial charge in [0.1, 0.15) is 5.82 Å². The van der Waals surface area contributed by atoms with Crippen molar-refractivity contribution in [1.82, 2.24) is 19.9 Å². The van der Waals surface area contributed by atoms with Crippen molar-refractivity contribution in [2.45, 2.75) is 44.2 Å². The Hall–Kier alpha value is -2.51. The van der Waals surface area contributed by atoms with Crippen LogP contribution in [0.2, 0.25) is 5.02 Å². The second kappa shape index (κ2) is 8.20. The molecule has 1 N–H and O–H groups in total. The number of halogens is 2. The van der Waals surface area contributed by atoms with Crippen molar-refractivity contribution in [2.75, 3.05) is 24.7 Å². The summed E-state index contributed by atoms with van der Waals surface area (Å²) in [5.74, 6) is 0.905. The van der Waals surface area contributed by atoms with E-state index in [1.54, 1.807) is 12.4 Å². The van der Waals surface area contributed by atoms with Crippen LogP contribution in [-0.2, 0) is 23.3 Å². The first-order valence-electron chi connectivity index (χ1n) is 10.8. The van der Waals surface area contributed by atoms with Crippen LogP contribution < -0.4 is 10.2 Å². The lowest BCUT2D eigenvalue weighted by molar-refractivity contribution is -0.124.